The Bertz CT molecular complexity index is 1540. The lowest BCUT2D eigenvalue weighted by atomic mass is 10.1. The van der Waals surface area contributed by atoms with Gasteiger partial charge in [0.05, 0.1) is 28.3 Å². The van der Waals surface area contributed by atoms with Crippen LogP contribution in [-0.4, -0.2) is 60.2 Å². The zero-order valence-electron chi connectivity index (χ0n) is 18.9. The molecule has 0 aliphatic carbocycles. The van der Waals surface area contributed by atoms with Crippen LogP contribution in [0.1, 0.15) is 22.5 Å². The summed E-state index contributed by atoms with van der Waals surface area (Å²) in [6, 6.07) is 11.1. The summed E-state index contributed by atoms with van der Waals surface area (Å²) in [6.07, 6.45) is 4.47. The predicted octanol–water partition coefficient (Wildman–Crippen LogP) is 3.56. The van der Waals surface area contributed by atoms with Crippen molar-refractivity contribution in [2.75, 3.05) is 24.7 Å². The summed E-state index contributed by atoms with van der Waals surface area (Å²) in [5.41, 5.74) is 2.13. The Labute approximate surface area is 214 Å². The van der Waals surface area contributed by atoms with Crippen LogP contribution < -0.4 is 10.5 Å². The molecule has 6 rings (SSSR count). The van der Waals surface area contributed by atoms with E-state index in [0.29, 0.717) is 44.5 Å². The number of carbonyl (C=O) groups excluding carboxylic acids is 1. The fourth-order valence-electron chi connectivity index (χ4n) is 4.34. The number of hydrogen-bond acceptors (Lipinski definition) is 8. The molecule has 4 aromatic rings. The second-order valence-corrected chi connectivity index (χ2v) is 10.6. The Morgan fingerprint density at radius 2 is 1.91 bits per heavy atom. The number of carbonyl (C=O) groups is 1. The molecule has 178 valence electrons. The second-order valence-electron chi connectivity index (χ2n) is 8.29. The van der Waals surface area contributed by atoms with Crippen LogP contribution >= 0.6 is 35.1 Å². The summed E-state index contributed by atoms with van der Waals surface area (Å²) in [7, 11) is 1.77. The minimum Gasteiger partial charge on any atom is -0.343 e. The number of fused-ring (bicyclic) bond motifs is 2. The third-order valence-corrected chi connectivity index (χ3v) is 8.26. The van der Waals surface area contributed by atoms with Gasteiger partial charge in [0.1, 0.15) is 16.9 Å². The van der Waals surface area contributed by atoms with Crippen LogP contribution in [0.3, 0.4) is 0 Å². The summed E-state index contributed by atoms with van der Waals surface area (Å²) in [6.45, 7) is 1.22. The average Bonchev–Trinajstić information content (AvgIpc) is 3.36. The number of benzene rings is 1. The van der Waals surface area contributed by atoms with E-state index in [2.05, 4.69) is 9.88 Å². The number of aromatic nitrogens is 5. The van der Waals surface area contributed by atoms with Crippen molar-refractivity contribution in [3.63, 3.8) is 0 Å². The molecule has 0 saturated carbocycles. The number of nitrogens with zero attached hydrogens (tertiary/aromatic N) is 7. The number of anilines is 1. The summed E-state index contributed by atoms with van der Waals surface area (Å²) in [4.78, 5) is 39.4. The quantitative estimate of drug-likeness (QED) is 0.289. The molecule has 1 saturated heterocycles. The Hall–Kier alpha value is -3.02. The van der Waals surface area contributed by atoms with Gasteiger partial charge >= 0.3 is 0 Å². The SMILES string of the molecule is CSc1nc2c(c(N3CCC3Sc3nn4ccc(Cl)c4c(=O)n3-c3ccccc3)n1)C(=O)N(C)C2. The van der Waals surface area contributed by atoms with Gasteiger partial charge in [0, 0.05) is 19.8 Å². The number of hydrogen-bond donors (Lipinski definition) is 0. The van der Waals surface area contributed by atoms with Gasteiger partial charge in [-0.2, -0.15) is 0 Å². The minimum atomic E-state index is -0.237. The molecule has 0 bridgehead atoms. The number of para-hydroxylation sites is 1. The lowest BCUT2D eigenvalue weighted by Crippen LogP contribution is -2.47. The summed E-state index contributed by atoms with van der Waals surface area (Å²) in [5.74, 6) is 0.581. The van der Waals surface area contributed by atoms with Crippen LogP contribution in [0, 0.1) is 0 Å². The molecule has 12 heteroatoms. The Kier molecular flexibility index (Phi) is 5.50. The van der Waals surface area contributed by atoms with Gasteiger partial charge in [-0.05, 0) is 30.9 Å². The van der Waals surface area contributed by atoms with Crippen molar-refractivity contribution >= 4 is 52.4 Å². The second kappa shape index (κ2) is 8.58. The largest absolute Gasteiger partial charge is 0.343 e. The molecular formula is C23H20ClN7O2S2. The third kappa shape index (κ3) is 3.60. The number of amides is 1. The maximum atomic E-state index is 13.5. The molecule has 2 aliphatic rings. The van der Waals surface area contributed by atoms with Crippen LogP contribution in [0.25, 0.3) is 11.2 Å². The maximum absolute atomic E-state index is 13.5. The van der Waals surface area contributed by atoms with Gasteiger partial charge in [0.25, 0.3) is 11.5 Å². The van der Waals surface area contributed by atoms with E-state index < -0.39 is 0 Å². The Balaban J connectivity index is 1.43. The molecule has 0 spiro atoms. The molecule has 2 aliphatic heterocycles. The van der Waals surface area contributed by atoms with Crippen LogP contribution in [0.5, 0.6) is 0 Å². The highest BCUT2D eigenvalue weighted by Gasteiger charge is 2.39. The first-order valence-corrected chi connectivity index (χ1v) is 13.4. The van der Waals surface area contributed by atoms with Gasteiger partial charge in [-0.25, -0.2) is 14.5 Å². The zero-order valence-corrected chi connectivity index (χ0v) is 21.3. The normalized spacial score (nSPS) is 17.2. The Morgan fingerprint density at radius 1 is 1.11 bits per heavy atom. The van der Waals surface area contributed by atoms with E-state index in [1.165, 1.54) is 28.0 Å². The number of halogens is 1. The summed E-state index contributed by atoms with van der Waals surface area (Å²) >= 11 is 9.23. The topological polar surface area (TPSA) is 88.6 Å². The lowest BCUT2D eigenvalue weighted by molar-refractivity contribution is 0.0816. The molecule has 1 unspecified atom stereocenters. The first-order valence-electron chi connectivity index (χ1n) is 10.9. The number of thioether (sulfide) groups is 2. The van der Waals surface area contributed by atoms with Crippen LogP contribution in [-0.2, 0) is 6.54 Å². The molecule has 35 heavy (non-hydrogen) atoms. The molecular weight excluding hydrogens is 506 g/mol. The van der Waals surface area contributed by atoms with Crippen LogP contribution in [0.4, 0.5) is 5.82 Å². The van der Waals surface area contributed by atoms with Crippen molar-refractivity contribution in [3.05, 3.63) is 69.2 Å². The van der Waals surface area contributed by atoms with Crippen molar-refractivity contribution in [1.29, 1.82) is 0 Å². The first-order chi connectivity index (χ1) is 17.0. The average molecular weight is 526 g/mol. The van der Waals surface area contributed by atoms with E-state index in [1.54, 1.807) is 28.8 Å². The first kappa shape index (κ1) is 22.4. The minimum absolute atomic E-state index is 0.0484. The van der Waals surface area contributed by atoms with E-state index in [0.717, 1.165) is 18.7 Å². The highest BCUT2D eigenvalue weighted by molar-refractivity contribution is 8.00. The monoisotopic (exact) mass is 525 g/mol. The van der Waals surface area contributed by atoms with Crippen LogP contribution in [0.15, 0.2) is 57.7 Å². The van der Waals surface area contributed by atoms with Crippen molar-refractivity contribution in [1.82, 2.24) is 29.0 Å². The fourth-order valence-corrected chi connectivity index (χ4v) is 6.17. The molecule has 1 aromatic carbocycles. The van der Waals surface area contributed by atoms with Crippen molar-refractivity contribution < 1.29 is 4.79 Å². The fraction of sp³-hybridized carbons (Fsp3) is 0.261. The van der Waals surface area contributed by atoms with Gasteiger partial charge in [0.2, 0.25) is 0 Å². The molecule has 0 radical (unpaired) electrons. The van der Waals surface area contributed by atoms with E-state index in [1.807, 2.05) is 36.6 Å². The van der Waals surface area contributed by atoms with E-state index in [-0.39, 0.29) is 16.8 Å². The predicted molar refractivity (Wildman–Crippen MR) is 137 cm³/mol. The van der Waals surface area contributed by atoms with Gasteiger partial charge in [0.15, 0.2) is 10.3 Å². The molecule has 3 aromatic heterocycles. The molecule has 1 atom stereocenters. The van der Waals surface area contributed by atoms with Gasteiger partial charge in [-0.1, -0.05) is 53.3 Å². The Morgan fingerprint density at radius 3 is 2.63 bits per heavy atom. The van der Waals surface area contributed by atoms with E-state index in [4.69, 9.17) is 21.7 Å². The highest BCUT2D eigenvalue weighted by Crippen LogP contribution is 2.40. The third-order valence-electron chi connectivity index (χ3n) is 6.17. The van der Waals surface area contributed by atoms with E-state index in [9.17, 15) is 9.59 Å². The smallest absolute Gasteiger partial charge is 0.284 e. The van der Waals surface area contributed by atoms with Gasteiger partial charge in [-0.3, -0.25) is 14.2 Å². The number of rotatable bonds is 5. The lowest BCUT2D eigenvalue weighted by Gasteiger charge is -2.41. The summed E-state index contributed by atoms with van der Waals surface area (Å²) in [5, 5.41) is 6.22. The zero-order chi connectivity index (χ0) is 24.3. The van der Waals surface area contributed by atoms with Crippen molar-refractivity contribution in [2.24, 2.45) is 0 Å². The molecule has 9 nitrogen and oxygen atoms in total. The maximum Gasteiger partial charge on any atom is 0.284 e. The summed E-state index contributed by atoms with van der Waals surface area (Å²) < 4.78 is 3.13. The standard InChI is InChI=1S/C23H20ClN7O2S2/c1-28-12-15-17(20(28)32)19(26-22(25-15)34-2)29-10-9-16(29)35-23-27-30-11-8-14(24)18(30)21(33)31(23)13-6-4-3-5-7-13/h3-8,11,16H,9-10,12H2,1-2H3. The van der Waals surface area contributed by atoms with Gasteiger partial charge in [-0.15, -0.1) is 5.10 Å². The molecule has 0 N–H and O–H groups in total. The molecule has 1 fully saturated rings. The molecule has 5 heterocycles. The van der Waals surface area contributed by atoms with Gasteiger partial charge < -0.3 is 9.80 Å². The van der Waals surface area contributed by atoms with Crippen molar-refractivity contribution in [2.45, 2.75) is 28.7 Å². The van der Waals surface area contributed by atoms with E-state index >= 15 is 0 Å². The van der Waals surface area contributed by atoms with Crippen LogP contribution in [0.2, 0.25) is 5.02 Å². The van der Waals surface area contributed by atoms with Crippen molar-refractivity contribution in [3.8, 4) is 5.69 Å². The molecule has 1 amide bonds. The highest BCUT2D eigenvalue weighted by atomic mass is 35.5.